The molecule has 1 aliphatic heterocycles. The van der Waals surface area contributed by atoms with Gasteiger partial charge in [0.15, 0.2) is 11.6 Å². The van der Waals surface area contributed by atoms with Crippen molar-refractivity contribution in [3.05, 3.63) is 41.6 Å². The van der Waals surface area contributed by atoms with Crippen LogP contribution >= 0.6 is 0 Å². The van der Waals surface area contributed by atoms with Crippen LogP contribution in [-0.4, -0.2) is 49.5 Å². The van der Waals surface area contributed by atoms with E-state index in [9.17, 15) is 22.4 Å². The van der Waals surface area contributed by atoms with E-state index in [0.717, 1.165) is 4.90 Å². The third-order valence-electron chi connectivity index (χ3n) is 4.00. The maximum absolute atomic E-state index is 13.9. The van der Waals surface area contributed by atoms with Gasteiger partial charge in [-0.3, -0.25) is 4.79 Å². The molecule has 10 heteroatoms. The van der Waals surface area contributed by atoms with E-state index in [1.165, 1.54) is 29.2 Å². The molecular weight excluding hydrogens is 344 g/mol. The number of carbonyl (C=O) groups excluding carboxylic acids is 1. The van der Waals surface area contributed by atoms with Crippen molar-refractivity contribution in [1.29, 1.82) is 0 Å². The van der Waals surface area contributed by atoms with Crippen molar-refractivity contribution in [3.63, 3.8) is 0 Å². The summed E-state index contributed by atoms with van der Waals surface area (Å²) in [5.74, 6) is -2.45. The number of aliphatic hydroxyl groups excluding tert-OH is 1. The summed E-state index contributed by atoms with van der Waals surface area (Å²) in [6.45, 7) is 1.47. The monoisotopic (exact) mass is 358 g/mol. The molecule has 3 heterocycles. The lowest BCUT2D eigenvalue weighted by molar-refractivity contribution is -0.211. The Morgan fingerprint density at radius 1 is 1.44 bits per heavy atom. The van der Waals surface area contributed by atoms with Gasteiger partial charge >= 0.3 is 6.18 Å². The van der Waals surface area contributed by atoms with Crippen molar-refractivity contribution in [2.24, 2.45) is 0 Å². The zero-order valence-corrected chi connectivity index (χ0v) is 13.0. The van der Waals surface area contributed by atoms with E-state index in [1.54, 1.807) is 6.92 Å². The maximum Gasteiger partial charge on any atom is 0.423 e. The minimum Gasteiger partial charge on any atom is -0.376 e. The van der Waals surface area contributed by atoms with Gasteiger partial charge in [0, 0.05) is 30.8 Å². The lowest BCUT2D eigenvalue weighted by Gasteiger charge is -2.33. The van der Waals surface area contributed by atoms with Gasteiger partial charge in [0.1, 0.15) is 0 Å². The van der Waals surface area contributed by atoms with Gasteiger partial charge in [-0.25, -0.2) is 14.1 Å². The Labute approximate surface area is 139 Å². The molecule has 25 heavy (non-hydrogen) atoms. The van der Waals surface area contributed by atoms with E-state index in [-0.39, 0.29) is 18.9 Å². The van der Waals surface area contributed by atoms with Gasteiger partial charge in [-0.2, -0.15) is 18.3 Å². The van der Waals surface area contributed by atoms with Crippen molar-refractivity contribution in [2.75, 3.05) is 6.54 Å². The van der Waals surface area contributed by atoms with E-state index in [0.29, 0.717) is 11.3 Å². The zero-order chi connectivity index (χ0) is 18.4. The molecule has 1 amide bonds. The molecule has 1 aliphatic rings. The second-order valence-corrected chi connectivity index (χ2v) is 5.84. The van der Waals surface area contributed by atoms with Crippen LogP contribution in [0.1, 0.15) is 24.1 Å². The molecule has 2 atom stereocenters. The number of rotatable bonds is 2. The first-order valence-corrected chi connectivity index (χ1v) is 7.41. The van der Waals surface area contributed by atoms with Gasteiger partial charge in [-0.15, -0.1) is 0 Å². The lowest BCUT2D eigenvalue weighted by Crippen LogP contribution is -2.48. The van der Waals surface area contributed by atoms with Crippen LogP contribution in [0.25, 0.3) is 5.82 Å². The molecule has 1 unspecified atom stereocenters. The van der Waals surface area contributed by atoms with Crippen molar-refractivity contribution in [2.45, 2.75) is 31.7 Å². The quantitative estimate of drug-likeness (QED) is 0.831. The molecule has 0 saturated heterocycles. The smallest absolute Gasteiger partial charge is 0.376 e. The molecule has 1 N–H and O–H groups in total. The summed E-state index contributed by atoms with van der Waals surface area (Å²) < 4.78 is 52.9. The fraction of sp³-hybridized carbons (Fsp3) is 0.400. The highest BCUT2D eigenvalue weighted by Gasteiger charge is 2.46. The fourth-order valence-corrected chi connectivity index (χ4v) is 2.91. The van der Waals surface area contributed by atoms with Crippen LogP contribution < -0.4 is 0 Å². The van der Waals surface area contributed by atoms with E-state index < -0.39 is 29.9 Å². The lowest BCUT2D eigenvalue weighted by atomic mass is 9.97. The third kappa shape index (κ3) is 3.09. The molecule has 0 radical (unpaired) electrons. The third-order valence-corrected chi connectivity index (χ3v) is 4.00. The molecule has 0 aromatic carbocycles. The van der Waals surface area contributed by atoms with Gasteiger partial charge < -0.3 is 10.0 Å². The first-order chi connectivity index (χ1) is 11.7. The molecule has 2 aromatic rings. The summed E-state index contributed by atoms with van der Waals surface area (Å²) >= 11 is 0. The van der Waals surface area contributed by atoms with E-state index in [4.69, 9.17) is 5.11 Å². The second kappa shape index (κ2) is 6.10. The molecule has 134 valence electrons. The largest absolute Gasteiger partial charge is 0.423 e. The number of pyridine rings is 1. The minimum atomic E-state index is -5.03. The van der Waals surface area contributed by atoms with Crippen molar-refractivity contribution in [1.82, 2.24) is 19.7 Å². The first-order valence-electron chi connectivity index (χ1n) is 7.41. The number of aliphatic hydroxyl groups is 1. The standard InChI is InChI=1S/C15H14F4N4O2/c1-8-6-22(14(25)12(24)15(17,18)19)7-9-5-21-23(11(8)9)13-10(16)3-2-4-20-13/h2-5,8,12,24H,6-7H2,1H3/t8-,12?/m1/s1. The molecular formula is C15H14F4N4O2. The Bertz CT molecular complexity index is 805. The van der Waals surface area contributed by atoms with Crippen LogP contribution in [0.3, 0.4) is 0 Å². The van der Waals surface area contributed by atoms with Crippen molar-refractivity contribution >= 4 is 5.91 Å². The number of alkyl halides is 3. The van der Waals surface area contributed by atoms with E-state index in [2.05, 4.69) is 10.1 Å². The van der Waals surface area contributed by atoms with Crippen LogP contribution in [0.15, 0.2) is 24.5 Å². The Balaban J connectivity index is 1.91. The highest BCUT2D eigenvalue weighted by Crippen LogP contribution is 2.31. The molecule has 3 rings (SSSR count). The average Bonchev–Trinajstić information content (AvgIpc) is 2.97. The summed E-state index contributed by atoms with van der Waals surface area (Å²) in [5.41, 5.74) is 1.05. The second-order valence-electron chi connectivity index (χ2n) is 5.84. The summed E-state index contributed by atoms with van der Waals surface area (Å²) in [6.07, 6.45) is -5.33. The van der Waals surface area contributed by atoms with Crippen LogP contribution in [0.5, 0.6) is 0 Å². The summed E-state index contributed by atoms with van der Waals surface area (Å²) in [5, 5.41) is 13.2. The van der Waals surface area contributed by atoms with Crippen molar-refractivity contribution in [3.8, 4) is 5.82 Å². The molecule has 2 aromatic heterocycles. The zero-order valence-electron chi connectivity index (χ0n) is 13.0. The van der Waals surface area contributed by atoms with Crippen LogP contribution in [0.4, 0.5) is 17.6 Å². The molecule has 0 fully saturated rings. The van der Waals surface area contributed by atoms with E-state index >= 15 is 0 Å². The molecule has 0 saturated carbocycles. The Morgan fingerprint density at radius 3 is 2.80 bits per heavy atom. The van der Waals surface area contributed by atoms with Gasteiger partial charge in [0.2, 0.25) is 6.10 Å². The van der Waals surface area contributed by atoms with Gasteiger partial charge in [0.25, 0.3) is 5.91 Å². The summed E-state index contributed by atoms with van der Waals surface area (Å²) in [4.78, 5) is 16.7. The maximum atomic E-state index is 13.9. The topological polar surface area (TPSA) is 71.2 Å². The molecule has 0 aliphatic carbocycles. The van der Waals surface area contributed by atoms with Crippen LogP contribution in [0.2, 0.25) is 0 Å². The van der Waals surface area contributed by atoms with Gasteiger partial charge in [-0.05, 0) is 12.1 Å². The SMILES string of the molecule is C[C@@H]1CN(C(=O)C(O)C(F)(F)F)Cc2cnn(-c3ncccc3F)c21. The number of amides is 1. The number of carbonyl (C=O) groups is 1. The number of aromatic nitrogens is 3. The van der Waals surface area contributed by atoms with E-state index in [1.807, 2.05) is 0 Å². The number of nitrogens with zero attached hydrogens (tertiary/aromatic N) is 4. The average molecular weight is 358 g/mol. The van der Waals surface area contributed by atoms with Crippen molar-refractivity contribution < 1.29 is 27.5 Å². The highest BCUT2D eigenvalue weighted by atomic mass is 19.4. The van der Waals surface area contributed by atoms with Crippen LogP contribution in [-0.2, 0) is 11.3 Å². The summed E-state index contributed by atoms with van der Waals surface area (Å²) in [7, 11) is 0. The first kappa shape index (κ1) is 17.3. The molecule has 0 spiro atoms. The number of halogens is 4. The Hall–Kier alpha value is -2.49. The Kier molecular flexibility index (Phi) is 4.23. The Morgan fingerprint density at radius 2 is 2.16 bits per heavy atom. The van der Waals surface area contributed by atoms with Gasteiger partial charge in [0.05, 0.1) is 11.9 Å². The fourth-order valence-electron chi connectivity index (χ4n) is 2.91. The number of hydrogen-bond acceptors (Lipinski definition) is 4. The molecule has 6 nitrogen and oxygen atoms in total. The van der Waals surface area contributed by atoms with Crippen LogP contribution in [0, 0.1) is 5.82 Å². The normalized spacial score (nSPS) is 18.8. The number of hydrogen-bond donors (Lipinski definition) is 1. The summed E-state index contributed by atoms with van der Waals surface area (Å²) in [6, 6.07) is 2.65. The number of fused-ring (bicyclic) bond motifs is 1. The predicted octanol–water partition coefficient (Wildman–Crippen LogP) is 1.78. The highest BCUT2D eigenvalue weighted by molar-refractivity contribution is 5.81. The van der Waals surface area contributed by atoms with Gasteiger partial charge in [-0.1, -0.05) is 6.92 Å². The predicted molar refractivity (Wildman–Crippen MR) is 77.2 cm³/mol. The minimum absolute atomic E-state index is 0.0225. The molecule has 0 bridgehead atoms.